The van der Waals surface area contributed by atoms with E-state index in [4.69, 9.17) is 5.11 Å². The first-order chi connectivity index (χ1) is 8.24. The van der Waals surface area contributed by atoms with Crippen molar-refractivity contribution >= 4 is 5.82 Å². The zero-order valence-corrected chi connectivity index (χ0v) is 8.81. The van der Waals surface area contributed by atoms with Crippen molar-refractivity contribution in [3.8, 4) is 0 Å². The molecule has 0 aliphatic heterocycles. The lowest BCUT2D eigenvalue weighted by molar-refractivity contribution is -0.120. The fourth-order valence-corrected chi connectivity index (χ4v) is 1.25. The zero-order chi connectivity index (χ0) is 13.9. The molecule has 1 rings (SSSR count). The molecule has 1 aromatic heterocycles. The van der Waals surface area contributed by atoms with E-state index in [0.29, 0.717) is 0 Å². The molecule has 0 fully saturated rings. The summed E-state index contributed by atoms with van der Waals surface area (Å²) >= 11 is 0. The van der Waals surface area contributed by atoms with Gasteiger partial charge in [0.2, 0.25) is 0 Å². The lowest BCUT2D eigenvalue weighted by Gasteiger charge is -2.24. The molecular weight excluding hydrogens is 266 g/mol. The summed E-state index contributed by atoms with van der Waals surface area (Å²) in [6, 6.07) is 0.0957. The molecule has 18 heavy (non-hydrogen) atoms. The number of hydrogen-bond donors (Lipinski definition) is 1. The summed E-state index contributed by atoms with van der Waals surface area (Å²) in [6.07, 6.45) is -4.70. The smallest absolute Gasteiger partial charge is 0.395 e. The average Bonchev–Trinajstić information content (AvgIpc) is 2.21. The minimum absolute atomic E-state index is 0.0957. The molecule has 1 heterocycles. The van der Waals surface area contributed by atoms with E-state index >= 15 is 0 Å². The van der Waals surface area contributed by atoms with Crippen molar-refractivity contribution in [3.63, 3.8) is 0 Å². The third-order valence-electron chi connectivity index (χ3n) is 1.91. The second-order valence-electron chi connectivity index (χ2n) is 3.33. The molecule has 0 unspecified atom stereocenters. The van der Waals surface area contributed by atoms with Gasteiger partial charge in [-0.1, -0.05) is 0 Å². The molecule has 102 valence electrons. The van der Waals surface area contributed by atoms with Gasteiger partial charge in [-0.25, -0.2) is 8.78 Å². The van der Waals surface area contributed by atoms with E-state index in [1.807, 2.05) is 0 Å². The largest absolute Gasteiger partial charge is 0.405 e. The molecule has 3 nitrogen and oxygen atoms in total. The number of aliphatic hydroxyl groups excluding tert-OH is 1. The Hall–Kier alpha value is -1.51. The first-order valence-electron chi connectivity index (χ1n) is 4.68. The maximum absolute atomic E-state index is 13.2. The highest BCUT2D eigenvalue weighted by Gasteiger charge is 2.32. The highest BCUT2D eigenvalue weighted by molar-refractivity contribution is 5.40. The lowest BCUT2D eigenvalue weighted by Crippen LogP contribution is -2.37. The van der Waals surface area contributed by atoms with E-state index in [1.165, 1.54) is 0 Å². The monoisotopic (exact) mass is 274 g/mol. The Morgan fingerprint density at radius 3 is 2.28 bits per heavy atom. The molecule has 0 saturated heterocycles. The van der Waals surface area contributed by atoms with Crippen molar-refractivity contribution in [2.45, 2.75) is 6.18 Å². The third kappa shape index (κ3) is 3.76. The Kier molecular flexibility index (Phi) is 4.38. The van der Waals surface area contributed by atoms with Crippen LogP contribution in [0.4, 0.5) is 32.2 Å². The van der Waals surface area contributed by atoms with Gasteiger partial charge in [0.1, 0.15) is 6.54 Å². The van der Waals surface area contributed by atoms with Crippen molar-refractivity contribution in [2.75, 3.05) is 24.6 Å². The van der Waals surface area contributed by atoms with Crippen molar-refractivity contribution in [2.24, 2.45) is 0 Å². The van der Waals surface area contributed by atoms with Crippen LogP contribution in [-0.4, -0.2) is 36.0 Å². The molecule has 0 aliphatic carbocycles. The molecule has 0 saturated carbocycles. The molecule has 1 N–H and O–H groups in total. The van der Waals surface area contributed by atoms with Crippen molar-refractivity contribution in [1.82, 2.24) is 4.98 Å². The van der Waals surface area contributed by atoms with Crippen LogP contribution in [0.3, 0.4) is 0 Å². The summed E-state index contributed by atoms with van der Waals surface area (Å²) in [5, 5.41) is 8.58. The Bertz CT molecular complexity index is 422. The maximum atomic E-state index is 13.2. The highest BCUT2D eigenvalue weighted by Crippen LogP contribution is 2.23. The molecule has 0 bridgehead atoms. The molecule has 0 spiro atoms. The molecule has 0 aromatic carbocycles. The number of aromatic nitrogens is 1. The van der Waals surface area contributed by atoms with E-state index < -0.39 is 49.3 Å². The number of alkyl halides is 3. The Labute approximate surface area is 97.7 Å². The topological polar surface area (TPSA) is 36.4 Å². The predicted octanol–water partition coefficient (Wildman–Crippen LogP) is 1.86. The summed E-state index contributed by atoms with van der Waals surface area (Å²) in [6.45, 7) is -2.98. The molecule has 0 atom stereocenters. The van der Waals surface area contributed by atoms with E-state index in [1.54, 1.807) is 0 Å². The molecule has 0 aliphatic rings. The Morgan fingerprint density at radius 1 is 1.17 bits per heavy atom. The lowest BCUT2D eigenvalue weighted by atomic mass is 10.3. The summed E-state index contributed by atoms with van der Waals surface area (Å²) in [5.41, 5.74) is 0. The van der Waals surface area contributed by atoms with Crippen LogP contribution < -0.4 is 4.90 Å². The van der Waals surface area contributed by atoms with Crippen LogP contribution >= 0.6 is 0 Å². The number of anilines is 1. The maximum Gasteiger partial charge on any atom is 0.405 e. The van der Waals surface area contributed by atoms with Crippen molar-refractivity contribution < 1.29 is 31.4 Å². The van der Waals surface area contributed by atoms with Crippen LogP contribution in [0, 0.1) is 17.6 Å². The Balaban J connectivity index is 3.09. The van der Waals surface area contributed by atoms with Gasteiger partial charge in [0, 0.05) is 12.6 Å². The number of nitrogens with zero attached hydrogens (tertiary/aromatic N) is 2. The number of hydrogen-bond acceptors (Lipinski definition) is 3. The SMILES string of the molecule is OCCN(CC(F)(F)F)c1nc(F)c(F)cc1F. The highest BCUT2D eigenvalue weighted by atomic mass is 19.4. The second kappa shape index (κ2) is 5.42. The van der Waals surface area contributed by atoms with Crippen molar-refractivity contribution in [3.05, 3.63) is 23.6 Å². The van der Waals surface area contributed by atoms with E-state index in [0.717, 1.165) is 0 Å². The van der Waals surface area contributed by atoms with Crippen molar-refractivity contribution in [1.29, 1.82) is 0 Å². The van der Waals surface area contributed by atoms with Gasteiger partial charge in [-0.2, -0.15) is 22.5 Å². The Morgan fingerprint density at radius 2 is 1.78 bits per heavy atom. The normalized spacial score (nSPS) is 11.7. The van der Waals surface area contributed by atoms with Crippen LogP contribution in [0.1, 0.15) is 0 Å². The summed E-state index contributed by atoms with van der Waals surface area (Å²) in [4.78, 5) is 3.05. The molecule has 1 aromatic rings. The van der Waals surface area contributed by atoms with Crippen LogP contribution in [0.2, 0.25) is 0 Å². The molecule has 9 heteroatoms. The fourth-order valence-electron chi connectivity index (χ4n) is 1.25. The van der Waals surface area contributed by atoms with Gasteiger partial charge >= 0.3 is 6.18 Å². The quantitative estimate of drug-likeness (QED) is 0.672. The minimum Gasteiger partial charge on any atom is -0.395 e. The van der Waals surface area contributed by atoms with Gasteiger partial charge in [-0.3, -0.25) is 0 Å². The number of rotatable bonds is 4. The van der Waals surface area contributed by atoms with Gasteiger partial charge in [-0.05, 0) is 0 Å². The number of halogens is 6. The minimum atomic E-state index is -4.70. The zero-order valence-electron chi connectivity index (χ0n) is 8.81. The first kappa shape index (κ1) is 14.6. The standard InChI is InChI=1S/C9H8F6N2O/c10-5-3-6(11)8(16-7(5)12)17(1-2-18)4-9(13,14)15/h3,18H,1-2,4H2. The molecule has 0 amide bonds. The number of aliphatic hydroxyl groups is 1. The van der Waals surface area contributed by atoms with Gasteiger partial charge in [0.15, 0.2) is 17.5 Å². The van der Waals surface area contributed by atoms with E-state index in [2.05, 4.69) is 4.98 Å². The summed E-state index contributed by atoms with van der Waals surface area (Å²) in [5.74, 6) is -5.75. The first-order valence-corrected chi connectivity index (χ1v) is 4.68. The fraction of sp³-hybridized carbons (Fsp3) is 0.444. The van der Waals surface area contributed by atoms with Gasteiger partial charge < -0.3 is 10.0 Å². The molecular formula is C9H8F6N2O. The van der Waals surface area contributed by atoms with E-state index in [9.17, 15) is 26.3 Å². The van der Waals surface area contributed by atoms with Crippen LogP contribution in [0.25, 0.3) is 0 Å². The van der Waals surface area contributed by atoms with Gasteiger partial charge in [0.25, 0.3) is 5.95 Å². The average molecular weight is 274 g/mol. The van der Waals surface area contributed by atoms with Crippen LogP contribution in [0.5, 0.6) is 0 Å². The summed E-state index contributed by atoms with van der Waals surface area (Å²) in [7, 11) is 0. The molecule has 0 radical (unpaired) electrons. The number of pyridine rings is 1. The predicted molar refractivity (Wildman–Crippen MR) is 49.5 cm³/mol. The van der Waals surface area contributed by atoms with Gasteiger partial charge in [0.05, 0.1) is 6.61 Å². The van der Waals surface area contributed by atoms with Crippen LogP contribution in [-0.2, 0) is 0 Å². The third-order valence-corrected chi connectivity index (χ3v) is 1.91. The summed E-state index contributed by atoms with van der Waals surface area (Å²) < 4.78 is 75.1. The van der Waals surface area contributed by atoms with E-state index in [-0.39, 0.29) is 11.0 Å². The second-order valence-corrected chi connectivity index (χ2v) is 3.33. The van der Waals surface area contributed by atoms with Crippen LogP contribution in [0.15, 0.2) is 6.07 Å². The van der Waals surface area contributed by atoms with Gasteiger partial charge in [-0.15, -0.1) is 0 Å².